The van der Waals surface area contributed by atoms with Gasteiger partial charge in [-0.25, -0.2) is 13.8 Å². The fourth-order valence-corrected chi connectivity index (χ4v) is 3.15. The molecule has 1 saturated heterocycles. The van der Waals surface area contributed by atoms with Gasteiger partial charge in [-0.1, -0.05) is 0 Å². The van der Waals surface area contributed by atoms with Crippen LogP contribution in [0, 0.1) is 11.6 Å². The summed E-state index contributed by atoms with van der Waals surface area (Å²) in [6, 6.07) is 12.1. The summed E-state index contributed by atoms with van der Waals surface area (Å²) in [6.07, 6.45) is 2.65. The van der Waals surface area contributed by atoms with Gasteiger partial charge in [-0.2, -0.15) is 0 Å². The maximum absolute atomic E-state index is 13.4. The minimum Gasteiger partial charge on any atom is -0.354 e. The summed E-state index contributed by atoms with van der Waals surface area (Å²) in [6.45, 7) is 1.21. The summed E-state index contributed by atoms with van der Waals surface area (Å²) < 4.78 is 26.7. The molecule has 0 saturated carbocycles. The molecular formula is C21H17F2N3O. The van der Waals surface area contributed by atoms with Gasteiger partial charge in [0.1, 0.15) is 23.2 Å². The van der Waals surface area contributed by atoms with E-state index in [1.807, 2.05) is 4.90 Å². The van der Waals surface area contributed by atoms with Crippen LogP contribution in [0.2, 0.25) is 0 Å². The lowest BCUT2D eigenvalue weighted by molar-refractivity contribution is -0.119. The van der Waals surface area contributed by atoms with Crippen molar-refractivity contribution in [3.8, 4) is 22.5 Å². The number of hydrogen-bond donors (Lipinski definition) is 0. The van der Waals surface area contributed by atoms with Crippen molar-refractivity contribution in [2.75, 3.05) is 18.0 Å². The smallest absolute Gasteiger partial charge is 0.147 e. The number of hydrogen-bond acceptors (Lipinski definition) is 4. The zero-order chi connectivity index (χ0) is 18.8. The van der Waals surface area contributed by atoms with Crippen molar-refractivity contribution in [3.63, 3.8) is 0 Å². The average molecular weight is 365 g/mol. The van der Waals surface area contributed by atoms with E-state index in [9.17, 15) is 13.6 Å². The first-order chi connectivity index (χ1) is 13.1. The second-order valence-electron chi connectivity index (χ2n) is 6.46. The van der Waals surface area contributed by atoms with Crippen LogP contribution >= 0.6 is 0 Å². The number of aromatic nitrogens is 2. The summed E-state index contributed by atoms with van der Waals surface area (Å²) in [4.78, 5) is 22.8. The Morgan fingerprint density at radius 3 is 1.85 bits per heavy atom. The molecular weight excluding hydrogens is 348 g/mol. The van der Waals surface area contributed by atoms with Crippen LogP contribution in [-0.4, -0.2) is 28.8 Å². The highest BCUT2D eigenvalue weighted by Crippen LogP contribution is 2.31. The minimum atomic E-state index is -0.333. The Labute approximate surface area is 155 Å². The van der Waals surface area contributed by atoms with Crippen LogP contribution in [-0.2, 0) is 4.79 Å². The lowest BCUT2D eigenvalue weighted by atomic mass is 10.0. The first kappa shape index (κ1) is 17.3. The molecule has 0 N–H and O–H groups in total. The third kappa shape index (κ3) is 3.69. The van der Waals surface area contributed by atoms with Crippen LogP contribution < -0.4 is 4.90 Å². The number of rotatable bonds is 3. The maximum Gasteiger partial charge on any atom is 0.147 e. The number of ketones is 1. The molecule has 0 aliphatic carbocycles. The number of carbonyl (C=O) groups excluding carboxylic acids is 1. The van der Waals surface area contributed by atoms with Gasteiger partial charge in [0.05, 0.1) is 17.6 Å². The molecule has 4 nitrogen and oxygen atoms in total. The van der Waals surface area contributed by atoms with Gasteiger partial charge >= 0.3 is 0 Å². The molecule has 0 amide bonds. The van der Waals surface area contributed by atoms with Gasteiger partial charge in [-0.05, 0) is 48.5 Å². The minimum absolute atomic E-state index is 0.251. The van der Waals surface area contributed by atoms with Crippen LogP contribution in [0.15, 0.2) is 54.7 Å². The molecule has 4 rings (SSSR count). The standard InChI is InChI=1S/C21H17F2N3O/c22-16-5-1-14(2-6-16)20-21(15-3-7-17(23)8-4-15)25-19(13-24-20)26-11-9-18(27)10-12-26/h1-8,13H,9-12H2. The zero-order valence-electron chi connectivity index (χ0n) is 14.5. The molecule has 2 aromatic carbocycles. The van der Waals surface area contributed by atoms with Crippen LogP contribution in [0.4, 0.5) is 14.6 Å². The first-order valence-electron chi connectivity index (χ1n) is 8.76. The van der Waals surface area contributed by atoms with Crippen molar-refractivity contribution in [2.45, 2.75) is 12.8 Å². The van der Waals surface area contributed by atoms with E-state index in [1.54, 1.807) is 30.5 Å². The van der Waals surface area contributed by atoms with Gasteiger partial charge in [0.2, 0.25) is 0 Å². The topological polar surface area (TPSA) is 46.1 Å². The van der Waals surface area contributed by atoms with Crippen LogP contribution in [0.5, 0.6) is 0 Å². The van der Waals surface area contributed by atoms with Gasteiger partial charge in [0.25, 0.3) is 0 Å². The Morgan fingerprint density at radius 1 is 0.778 bits per heavy atom. The van der Waals surface area contributed by atoms with Crippen molar-refractivity contribution in [1.29, 1.82) is 0 Å². The second-order valence-corrected chi connectivity index (χ2v) is 6.46. The van der Waals surface area contributed by atoms with E-state index in [-0.39, 0.29) is 17.4 Å². The van der Waals surface area contributed by atoms with Crippen molar-refractivity contribution < 1.29 is 13.6 Å². The van der Waals surface area contributed by atoms with Crippen molar-refractivity contribution in [2.24, 2.45) is 0 Å². The van der Waals surface area contributed by atoms with E-state index in [4.69, 9.17) is 4.98 Å². The van der Waals surface area contributed by atoms with Gasteiger partial charge in [-0.15, -0.1) is 0 Å². The normalized spacial score (nSPS) is 14.4. The molecule has 0 bridgehead atoms. The highest BCUT2D eigenvalue weighted by atomic mass is 19.1. The fourth-order valence-electron chi connectivity index (χ4n) is 3.15. The molecule has 136 valence electrons. The molecule has 1 fully saturated rings. The van der Waals surface area contributed by atoms with E-state index in [1.165, 1.54) is 24.3 Å². The molecule has 0 atom stereocenters. The maximum atomic E-state index is 13.4. The average Bonchev–Trinajstić information content (AvgIpc) is 2.69. The number of anilines is 1. The number of halogens is 2. The quantitative estimate of drug-likeness (QED) is 0.696. The van der Waals surface area contributed by atoms with Crippen LogP contribution in [0.25, 0.3) is 22.5 Å². The third-order valence-electron chi connectivity index (χ3n) is 4.64. The fraction of sp³-hybridized carbons (Fsp3) is 0.190. The number of benzene rings is 2. The number of nitrogens with zero attached hydrogens (tertiary/aromatic N) is 3. The van der Waals surface area contributed by atoms with E-state index in [0.717, 1.165) is 11.1 Å². The van der Waals surface area contributed by atoms with Crippen molar-refractivity contribution in [3.05, 3.63) is 66.4 Å². The predicted molar refractivity (Wildman–Crippen MR) is 99.3 cm³/mol. The number of piperidine rings is 1. The molecule has 0 radical (unpaired) electrons. The highest BCUT2D eigenvalue weighted by Gasteiger charge is 2.20. The summed E-state index contributed by atoms with van der Waals surface area (Å²) in [5.41, 5.74) is 2.64. The van der Waals surface area contributed by atoms with E-state index in [0.29, 0.717) is 43.1 Å². The molecule has 2 heterocycles. The van der Waals surface area contributed by atoms with Gasteiger partial charge in [0, 0.05) is 37.1 Å². The van der Waals surface area contributed by atoms with Crippen LogP contribution in [0.3, 0.4) is 0 Å². The summed E-state index contributed by atoms with van der Waals surface area (Å²) in [5, 5.41) is 0. The van der Waals surface area contributed by atoms with Gasteiger partial charge in [0.15, 0.2) is 0 Å². The predicted octanol–water partition coefficient (Wildman–Crippen LogP) is 4.26. The first-order valence-corrected chi connectivity index (χ1v) is 8.76. The molecule has 27 heavy (non-hydrogen) atoms. The van der Waals surface area contributed by atoms with Gasteiger partial charge in [-0.3, -0.25) is 9.78 Å². The van der Waals surface area contributed by atoms with Gasteiger partial charge < -0.3 is 4.90 Å². The summed E-state index contributed by atoms with van der Waals surface area (Å²) in [7, 11) is 0. The zero-order valence-corrected chi connectivity index (χ0v) is 14.5. The monoisotopic (exact) mass is 365 g/mol. The molecule has 0 spiro atoms. The molecule has 0 unspecified atom stereocenters. The summed E-state index contributed by atoms with van der Waals surface area (Å²) in [5.74, 6) is 0.263. The summed E-state index contributed by atoms with van der Waals surface area (Å²) >= 11 is 0. The Kier molecular flexibility index (Phi) is 4.62. The molecule has 1 aliphatic rings. The van der Waals surface area contributed by atoms with E-state index in [2.05, 4.69) is 4.98 Å². The highest BCUT2D eigenvalue weighted by molar-refractivity contribution is 5.81. The lowest BCUT2D eigenvalue weighted by Gasteiger charge is -2.27. The Balaban J connectivity index is 1.79. The number of Topliss-reactive ketones (excluding diaryl/α,β-unsaturated/α-hetero) is 1. The second kappa shape index (κ2) is 7.23. The largest absolute Gasteiger partial charge is 0.354 e. The Morgan fingerprint density at radius 2 is 1.30 bits per heavy atom. The van der Waals surface area contributed by atoms with Crippen LogP contribution in [0.1, 0.15) is 12.8 Å². The molecule has 1 aliphatic heterocycles. The van der Waals surface area contributed by atoms with E-state index >= 15 is 0 Å². The van der Waals surface area contributed by atoms with Crippen molar-refractivity contribution >= 4 is 11.6 Å². The lowest BCUT2D eigenvalue weighted by Crippen LogP contribution is -2.34. The van der Waals surface area contributed by atoms with E-state index < -0.39 is 0 Å². The molecule has 1 aromatic heterocycles. The third-order valence-corrected chi connectivity index (χ3v) is 4.64. The Hall–Kier alpha value is -3.15. The Bertz CT molecular complexity index is 962. The SMILES string of the molecule is O=C1CCN(c2cnc(-c3ccc(F)cc3)c(-c3ccc(F)cc3)n2)CC1. The number of carbonyl (C=O) groups is 1. The van der Waals surface area contributed by atoms with Crippen molar-refractivity contribution in [1.82, 2.24) is 9.97 Å². The molecule has 6 heteroatoms. The molecule has 3 aromatic rings.